The lowest BCUT2D eigenvalue weighted by Crippen LogP contribution is -1.98. The Morgan fingerprint density at radius 2 is 2.22 bits per heavy atom. The van der Waals surface area contributed by atoms with E-state index in [9.17, 15) is 5.11 Å². The molecule has 1 aromatic carbocycles. The van der Waals surface area contributed by atoms with Gasteiger partial charge in [0.25, 0.3) is 0 Å². The van der Waals surface area contributed by atoms with E-state index in [1.165, 1.54) is 0 Å². The molecule has 3 nitrogen and oxygen atoms in total. The predicted molar refractivity (Wildman–Crippen MR) is 74.6 cm³/mol. The van der Waals surface area contributed by atoms with Crippen LogP contribution in [0.25, 0.3) is 0 Å². The van der Waals surface area contributed by atoms with E-state index in [2.05, 4.69) is 4.98 Å². The van der Waals surface area contributed by atoms with Gasteiger partial charge in [-0.2, -0.15) is 0 Å². The smallest absolute Gasteiger partial charge is 0.154 e. The lowest BCUT2D eigenvalue weighted by Gasteiger charge is -2.14. The summed E-state index contributed by atoms with van der Waals surface area (Å²) in [5.41, 5.74) is 1.84. The Morgan fingerprint density at radius 3 is 2.78 bits per heavy atom. The minimum absolute atomic E-state index is 0.565. The van der Waals surface area contributed by atoms with E-state index in [4.69, 9.17) is 4.74 Å². The fourth-order valence-corrected chi connectivity index (χ4v) is 3.71. The van der Waals surface area contributed by atoms with E-state index in [1.54, 1.807) is 37.1 Å². The summed E-state index contributed by atoms with van der Waals surface area (Å²) in [6, 6.07) is 5.76. The van der Waals surface area contributed by atoms with Gasteiger partial charge in [-0.3, -0.25) is 0 Å². The Balaban J connectivity index is 2.37. The first-order valence-electron chi connectivity index (χ1n) is 5.56. The van der Waals surface area contributed by atoms with Crippen LogP contribution in [0, 0.1) is 6.92 Å². The third-order valence-electron chi connectivity index (χ3n) is 2.46. The van der Waals surface area contributed by atoms with Gasteiger partial charge >= 0.3 is 0 Å². The molecule has 2 rings (SSSR count). The summed E-state index contributed by atoms with van der Waals surface area (Å²) in [5, 5.41) is 11.9. The molecule has 0 bridgehead atoms. The van der Waals surface area contributed by atoms with Gasteiger partial charge in [-0.25, -0.2) is 4.98 Å². The summed E-state index contributed by atoms with van der Waals surface area (Å²) in [4.78, 5) is 5.41. The van der Waals surface area contributed by atoms with E-state index in [0.29, 0.717) is 5.75 Å². The number of methoxy groups -OCH3 is 1. The zero-order valence-corrected chi connectivity index (χ0v) is 12.1. The molecule has 18 heavy (non-hydrogen) atoms. The molecule has 1 N–H and O–H groups in total. The van der Waals surface area contributed by atoms with Crippen LogP contribution in [0.15, 0.2) is 32.8 Å². The zero-order valence-electron chi connectivity index (χ0n) is 10.5. The SMILES string of the molecule is COc1cccc(Sc2nc(C)cs2)c1[C@H](C)O. The highest BCUT2D eigenvalue weighted by molar-refractivity contribution is 8.01. The molecule has 5 heteroatoms. The number of aliphatic hydroxyl groups excluding tert-OH is 1. The second-order valence-corrected chi connectivity index (χ2v) is 6.05. The van der Waals surface area contributed by atoms with Crippen molar-refractivity contribution in [2.45, 2.75) is 29.2 Å². The number of nitrogens with zero attached hydrogens (tertiary/aromatic N) is 1. The van der Waals surface area contributed by atoms with Gasteiger partial charge in [0, 0.05) is 21.5 Å². The Bertz CT molecular complexity index is 538. The Kier molecular flexibility index (Phi) is 4.27. The highest BCUT2D eigenvalue weighted by atomic mass is 32.2. The third kappa shape index (κ3) is 2.85. The highest BCUT2D eigenvalue weighted by Crippen LogP contribution is 2.39. The fourth-order valence-electron chi connectivity index (χ4n) is 1.68. The number of thiazole rings is 1. The van der Waals surface area contributed by atoms with Crippen LogP contribution >= 0.6 is 23.1 Å². The number of rotatable bonds is 4. The first-order chi connectivity index (χ1) is 8.61. The number of ether oxygens (including phenoxy) is 1. The first-order valence-corrected chi connectivity index (χ1v) is 7.26. The second kappa shape index (κ2) is 5.73. The predicted octanol–water partition coefficient (Wildman–Crippen LogP) is 3.66. The molecule has 0 aliphatic rings. The summed E-state index contributed by atoms with van der Waals surface area (Å²) in [5.74, 6) is 0.711. The quantitative estimate of drug-likeness (QED) is 0.928. The van der Waals surface area contributed by atoms with E-state index in [1.807, 2.05) is 30.5 Å². The van der Waals surface area contributed by atoms with Gasteiger partial charge < -0.3 is 9.84 Å². The molecule has 0 unspecified atom stereocenters. The van der Waals surface area contributed by atoms with Crippen molar-refractivity contribution in [3.8, 4) is 5.75 Å². The van der Waals surface area contributed by atoms with Crippen LogP contribution in [0.3, 0.4) is 0 Å². The fraction of sp³-hybridized carbons (Fsp3) is 0.308. The standard InChI is InChI=1S/C13H15NO2S2/c1-8-7-17-13(14-8)18-11-6-4-5-10(16-3)12(11)9(2)15/h4-7,9,15H,1-3H3/t9-/m0/s1. The molecular weight excluding hydrogens is 266 g/mol. The molecule has 2 aromatic rings. The van der Waals surface area contributed by atoms with Crippen molar-refractivity contribution >= 4 is 23.1 Å². The summed E-state index contributed by atoms with van der Waals surface area (Å²) in [6.45, 7) is 3.72. The van der Waals surface area contributed by atoms with Crippen LogP contribution in [0.4, 0.5) is 0 Å². The number of hydrogen-bond donors (Lipinski definition) is 1. The average molecular weight is 281 g/mol. The molecule has 0 saturated heterocycles. The van der Waals surface area contributed by atoms with Gasteiger partial charge in [-0.1, -0.05) is 17.8 Å². The number of hydrogen-bond acceptors (Lipinski definition) is 5. The maximum Gasteiger partial charge on any atom is 0.154 e. The maximum atomic E-state index is 9.89. The van der Waals surface area contributed by atoms with Crippen molar-refractivity contribution in [1.82, 2.24) is 4.98 Å². The number of aliphatic hydroxyl groups is 1. The normalized spacial score (nSPS) is 12.4. The number of aromatic nitrogens is 1. The summed E-state index contributed by atoms with van der Waals surface area (Å²) >= 11 is 3.17. The number of benzene rings is 1. The van der Waals surface area contributed by atoms with Crippen molar-refractivity contribution in [3.05, 3.63) is 34.8 Å². The average Bonchev–Trinajstić information content (AvgIpc) is 2.74. The Hall–Kier alpha value is -1.04. The first kappa shape index (κ1) is 13.4. The van der Waals surface area contributed by atoms with Crippen LogP contribution in [-0.2, 0) is 0 Å². The van der Waals surface area contributed by atoms with E-state index in [-0.39, 0.29) is 0 Å². The van der Waals surface area contributed by atoms with Crippen LogP contribution in [-0.4, -0.2) is 17.2 Å². The van der Waals surface area contributed by atoms with Gasteiger partial charge in [0.1, 0.15) is 5.75 Å². The van der Waals surface area contributed by atoms with Crippen molar-refractivity contribution in [3.63, 3.8) is 0 Å². The van der Waals surface area contributed by atoms with Crippen molar-refractivity contribution in [1.29, 1.82) is 0 Å². The summed E-state index contributed by atoms with van der Waals surface area (Å²) in [7, 11) is 1.61. The van der Waals surface area contributed by atoms with Crippen LogP contribution in [0.5, 0.6) is 5.75 Å². The Labute approximate surface area is 115 Å². The van der Waals surface area contributed by atoms with Gasteiger partial charge in [-0.15, -0.1) is 11.3 Å². The summed E-state index contributed by atoms with van der Waals surface area (Å²) in [6.07, 6.45) is -0.565. The molecule has 96 valence electrons. The van der Waals surface area contributed by atoms with E-state index >= 15 is 0 Å². The topological polar surface area (TPSA) is 42.4 Å². The van der Waals surface area contributed by atoms with Crippen molar-refractivity contribution in [2.75, 3.05) is 7.11 Å². The van der Waals surface area contributed by atoms with Gasteiger partial charge in [0.05, 0.1) is 13.2 Å². The van der Waals surface area contributed by atoms with Gasteiger partial charge in [0.2, 0.25) is 0 Å². The Morgan fingerprint density at radius 1 is 1.44 bits per heavy atom. The molecule has 1 aromatic heterocycles. The van der Waals surface area contributed by atoms with Crippen LogP contribution in [0.2, 0.25) is 0 Å². The van der Waals surface area contributed by atoms with Crippen molar-refractivity contribution < 1.29 is 9.84 Å². The van der Waals surface area contributed by atoms with Crippen LogP contribution < -0.4 is 4.74 Å². The molecule has 0 aliphatic heterocycles. The van der Waals surface area contributed by atoms with Gasteiger partial charge in [0.15, 0.2) is 4.34 Å². The van der Waals surface area contributed by atoms with E-state index in [0.717, 1.165) is 20.5 Å². The largest absolute Gasteiger partial charge is 0.496 e. The molecule has 0 amide bonds. The highest BCUT2D eigenvalue weighted by Gasteiger charge is 2.15. The molecule has 0 spiro atoms. The third-order valence-corrected chi connectivity index (χ3v) is 4.59. The lowest BCUT2D eigenvalue weighted by atomic mass is 10.1. The molecule has 0 aliphatic carbocycles. The second-order valence-electron chi connectivity index (χ2n) is 3.90. The van der Waals surface area contributed by atoms with Crippen LogP contribution in [0.1, 0.15) is 24.3 Å². The van der Waals surface area contributed by atoms with Crippen molar-refractivity contribution in [2.24, 2.45) is 0 Å². The molecule has 0 fully saturated rings. The minimum atomic E-state index is -0.565. The minimum Gasteiger partial charge on any atom is -0.496 e. The zero-order chi connectivity index (χ0) is 13.1. The summed E-state index contributed by atoms with van der Waals surface area (Å²) < 4.78 is 6.27. The molecule has 0 saturated carbocycles. The van der Waals surface area contributed by atoms with E-state index < -0.39 is 6.10 Å². The molecule has 1 atom stereocenters. The maximum absolute atomic E-state index is 9.89. The monoisotopic (exact) mass is 281 g/mol. The molecule has 1 heterocycles. The number of aryl methyl sites for hydroxylation is 1. The van der Waals surface area contributed by atoms with Gasteiger partial charge in [-0.05, 0) is 26.0 Å². The lowest BCUT2D eigenvalue weighted by molar-refractivity contribution is 0.191. The molecule has 0 radical (unpaired) electrons. The molecular formula is C13H15NO2S2.